The van der Waals surface area contributed by atoms with Crippen LogP contribution >= 0.6 is 0 Å². The first kappa shape index (κ1) is 13.5. The third-order valence-corrected chi connectivity index (χ3v) is 3.75. The molecule has 0 aromatic heterocycles. The number of benzene rings is 1. The highest BCUT2D eigenvalue weighted by Crippen LogP contribution is 2.20. The van der Waals surface area contributed by atoms with Crippen molar-refractivity contribution < 1.29 is 14.1 Å². The molecule has 0 aliphatic rings. The number of nitrogens with one attached hydrogen (secondary N) is 1. The largest absolute Gasteiger partial charge is 0.478 e. The van der Waals surface area contributed by atoms with Crippen molar-refractivity contribution in [3.05, 3.63) is 23.8 Å². The fourth-order valence-corrected chi connectivity index (χ4v) is 1.55. The fraction of sp³-hybridized carbons (Fsp3) is 0.364. The van der Waals surface area contributed by atoms with E-state index in [9.17, 15) is 9.00 Å². The summed E-state index contributed by atoms with van der Waals surface area (Å²) in [7, 11) is -0.900. The fourth-order valence-electron chi connectivity index (χ4n) is 1.23. The molecule has 2 atom stereocenters. The maximum absolute atomic E-state index is 11.2. The van der Waals surface area contributed by atoms with Crippen LogP contribution in [0.2, 0.25) is 0 Å². The zero-order valence-corrected chi connectivity index (χ0v) is 10.6. The van der Waals surface area contributed by atoms with E-state index in [-0.39, 0.29) is 10.8 Å². The lowest BCUT2D eigenvalue weighted by molar-refractivity contribution is 0.0697. The van der Waals surface area contributed by atoms with E-state index >= 15 is 0 Å². The van der Waals surface area contributed by atoms with Gasteiger partial charge in [0, 0.05) is 28.9 Å². The van der Waals surface area contributed by atoms with E-state index in [1.165, 1.54) is 12.1 Å². The van der Waals surface area contributed by atoms with Gasteiger partial charge >= 0.3 is 5.97 Å². The van der Waals surface area contributed by atoms with Crippen molar-refractivity contribution >= 4 is 28.1 Å². The molecule has 0 aliphatic heterocycles. The molecule has 0 bridgehead atoms. The number of carbonyl (C=O) groups is 1. The monoisotopic (exact) mass is 256 g/mol. The first-order chi connectivity index (χ1) is 7.91. The number of nitrogen functional groups attached to an aromatic ring is 1. The Kier molecular flexibility index (Phi) is 4.51. The predicted molar refractivity (Wildman–Crippen MR) is 69.8 cm³/mol. The normalized spacial score (nSPS) is 14.0. The van der Waals surface area contributed by atoms with Crippen LogP contribution in [0.25, 0.3) is 0 Å². The summed E-state index contributed by atoms with van der Waals surface area (Å²) in [5.74, 6) is -1.01. The molecule has 0 saturated carbocycles. The number of aromatic carboxylic acids is 1. The van der Waals surface area contributed by atoms with Gasteiger partial charge in [0.05, 0.1) is 16.9 Å². The maximum Gasteiger partial charge on any atom is 0.335 e. The molecule has 2 unspecified atom stereocenters. The van der Waals surface area contributed by atoms with Gasteiger partial charge in [-0.05, 0) is 25.1 Å². The van der Waals surface area contributed by atoms with Crippen LogP contribution in [0.3, 0.4) is 0 Å². The Morgan fingerprint density at radius 1 is 1.59 bits per heavy atom. The van der Waals surface area contributed by atoms with Crippen molar-refractivity contribution in [1.29, 1.82) is 0 Å². The highest BCUT2D eigenvalue weighted by Gasteiger charge is 2.09. The van der Waals surface area contributed by atoms with Crippen LogP contribution in [-0.4, -0.2) is 33.3 Å². The molecular formula is C11H16N2O3S. The zero-order valence-electron chi connectivity index (χ0n) is 9.77. The highest BCUT2D eigenvalue weighted by atomic mass is 32.2. The van der Waals surface area contributed by atoms with E-state index in [0.29, 0.717) is 17.9 Å². The molecule has 6 heteroatoms. The number of hydrogen-bond acceptors (Lipinski definition) is 4. The Balaban J connectivity index is 2.73. The second-order valence-corrected chi connectivity index (χ2v) is 5.60. The van der Waals surface area contributed by atoms with Gasteiger partial charge in [-0.3, -0.25) is 4.21 Å². The number of rotatable bonds is 5. The SMILES string of the molecule is CC(CNc1ccc(C(=O)O)cc1N)S(C)=O. The Labute approximate surface area is 102 Å². The first-order valence-corrected chi connectivity index (χ1v) is 6.73. The minimum atomic E-state index is -1.01. The molecule has 17 heavy (non-hydrogen) atoms. The Morgan fingerprint density at radius 3 is 2.71 bits per heavy atom. The quantitative estimate of drug-likeness (QED) is 0.687. The summed E-state index contributed by atoms with van der Waals surface area (Å²) in [5.41, 5.74) is 6.91. The van der Waals surface area contributed by atoms with Crippen molar-refractivity contribution in [3.8, 4) is 0 Å². The Hall–Kier alpha value is -1.56. The van der Waals surface area contributed by atoms with Gasteiger partial charge < -0.3 is 16.2 Å². The third-order valence-electron chi connectivity index (χ3n) is 2.45. The minimum absolute atomic E-state index is 0.00792. The molecule has 0 amide bonds. The van der Waals surface area contributed by atoms with Crippen LogP contribution < -0.4 is 11.1 Å². The molecule has 4 N–H and O–H groups in total. The van der Waals surface area contributed by atoms with Crippen LogP contribution in [0.1, 0.15) is 17.3 Å². The Morgan fingerprint density at radius 2 is 2.24 bits per heavy atom. The van der Waals surface area contributed by atoms with Crippen molar-refractivity contribution in [2.45, 2.75) is 12.2 Å². The summed E-state index contributed by atoms with van der Waals surface area (Å²) in [4.78, 5) is 10.7. The molecule has 0 saturated heterocycles. The van der Waals surface area contributed by atoms with Gasteiger partial charge in [-0.1, -0.05) is 0 Å². The lowest BCUT2D eigenvalue weighted by atomic mass is 10.1. The van der Waals surface area contributed by atoms with E-state index < -0.39 is 16.8 Å². The standard InChI is InChI=1S/C11H16N2O3S/c1-7(17(2)16)6-13-10-4-3-8(11(14)15)5-9(10)12/h3-5,7,13H,6,12H2,1-2H3,(H,14,15). The number of carboxylic acids is 1. The lowest BCUT2D eigenvalue weighted by Crippen LogP contribution is -2.21. The second-order valence-electron chi connectivity index (χ2n) is 3.80. The average Bonchev–Trinajstić information content (AvgIpc) is 2.26. The predicted octanol–water partition coefficient (Wildman–Crippen LogP) is 1.15. The first-order valence-electron chi connectivity index (χ1n) is 5.10. The maximum atomic E-state index is 11.2. The number of anilines is 2. The molecule has 0 radical (unpaired) electrons. The third kappa shape index (κ3) is 3.74. The highest BCUT2D eigenvalue weighted by molar-refractivity contribution is 7.84. The van der Waals surface area contributed by atoms with Gasteiger partial charge in [0.15, 0.2) is 0 Å². The number of hydrogen-bond donors (Lipinski definition) is 3. The molecule has 1 rings (SSSR count). The minimum Gasteiger partial charge on any atom is -0.478 e. The molecule has 1 aromatic carbocycles. The number of carboxylic acid groups (broad SMARTS) is 1. The molecule has 0 fully saturated rings. The van der Waals surface area contributed by atoms with Crippen molar-refractivity contribution in [2.24, 2.45) is 0 Å². The van der Waals surface area contributed by atoms with Crippen molar-refractivity contribution in [1.82, 2.24) is 0 Å². The van der Waals surface area contributed by atoms with Crippen LogP contribution in [0.4, 0.5) is 11.4 Å². The van der Waals surface area contributed by atoms with Crippen LogP contribution in [0, 0.1) is 0 Å². The summed E-state index contributed by atoms with van der Waals surface area (Å²) in [6.45, 7) is 2.39. The summed E-state index contributed by atoms with van der Waals surface area (Å²) in [6.07, 6.45) is 1.64. The average molecular weight is 256 g/mol. The van der Waals surface area contributed by atoms with Crippen LogP contribution in [0.15, 0.2) is 18.2 Å². The summed E-state index contributed by atoms with van der Waals surface area (Å²) in [6, 6.07) is 4.50. The van der Waals surface area contributed by atoms with E-state index in [4.69, 9.17) is 10.8 Å². The van der Waals surface area contributed by atoms with Crippen LogP contribution in [0.5, 0.6) is 0 Å². The smallest absolute Gasteiger partial charge is 0.335 e. The molecule has 0 aliphatic carbocycles. The molecule has 1 aromatic rings. The summed E-state index contributed by atoms with van der Waals surface area (Å²) < 4.78 is 11.2. The van der Waals surface area contributed by atoms with Gasteiger partial charge in [-0.2, -0.15) is 0 Å². The molecule has 5 nitrogen and oxygen atoms in total. The van der Waals surface area contributed by atoms with Gasteiger partial charge in [-0.25, -0.2) is 4.79 Å². The number of nitrogens with two attached hydrogens (primary N) is 1. The van der Waals surface area contributed by atoms with E-state index in [0.717, 1.165) is 0 Å². The molecule has 0 spiro atoms. The van der Waals surface area contributed by atoms with Gasteiger partial charge in [0.1, 0.15) is 0 Å². The van der Waals surface area contributed by atoms with E-state index in [2.05, 4.69) is 5.32 Å². The van der Waals surface area contributed by atoms with Gasteiger partial charge in [0.2, 0.25) is 0 Å². The van der Waals surface area contributed by atoms with Crippen LogP contribution in [-0.2, 0) is 10.8 Å². The Bertz CT molecular complexity index is 448. The molecular weight excluding hydrogens is 240 g/mol. The topological polar surface area (TPSA) is 92.4 Å². The van der Waals surface area contributed by atoms with Gasteiger partial charge in [0.25, 0.3) is 0 Å². The molecule has 94 valence electrons. The van der Waals surface area contributed by atoms with Gasteiger partial charge in [-0.15, -0.1) is 0 Å². The van der Waals surface area contributed by atoms with Crippen molar-refractivity contribution in [3.63, 3.8) is 0 Å². The van der Waals surface area contributed by atoms with E-state index in [1.54, 1.807) is 12.3 Å². The second kappa shape index (κ2) is 5.67. The summed E-state index contributed by atoms with van der Waals surface area (Å²) >= 11 is 0. The molecule has 0 heterocycles. The zero-order chi connectivity index (χ0) is 13.0. The summed E-state index contributed by atoms with van der Waals surface area (Å²) in [5, 5.41) is 11.8. The van der Waals surface area contributed by atoms with E-state index in [1.807, 2.05) is 6.92 Å². The van der Waals surface area contributed by atoms with Crippen molar-refractivity contribution in [2.75, 3.05) is 23.9 Å². The lowest BCUT2D eigenvalue weighted by Gasteiger charge is -2.13.